The van der Waals surface area contributed by atoms with Gasteiger partial charge in [0.25, 0.3) is 0 Å². The van der Waals surface area contributed by atoms with Crippen LogP contribution in [0.5, 0.6) is 0 Å². The molecule has 0 bridgehead atoms. The summed E-state index contributed by atoms with van der Waals surface area (Å²) in [4.78, 5) is 0. The van der Waals surface area contributed by atoms with Gasteiger partial charge in [-0.2, -0.15) is 0 Å². The number of hydrogen-bond donors (Lipinski definition) is 2. The van der Waals surface area contributed by atoms with E-state index < -0.39 is 0 Å². The quantitative estimate of drug-likeness (QED) is 0.784. The topological polar surface area (TPSA) is 39.7 Å². The maximum atomic E-state index is 5.74. The molecule has 0 amide bonds. The number of hydrazone groups is 1. The molecule has 0 fully saturated rings. The van der Waals surface area contributed by atoms with Gasteiger partial charge in [0.15, 0.2) is 5.17 Å². The second-order valence-corrected chi connectivity index (χ2v) is 3.55. The number of nitrogens with one attached hydrogen (secondary N) is 2. The molecule has 0 aromatic heterocycles. The van der Waals surface area contributed by atoms with Gasteiger partial charge in [-0.25, -0.2) is 0 Å². The number of hydrogen-bond acceptors (Lipinski definition) is 4. The molecule has 1 aliphatic rings. The molecule has 0 aliphatic carbocycles. The first-order chi connectivity index (χ1) is 7.24. The largest absolute Gasteiger partial charge is 0.341 e. The fourth-order valence-electron chi connectivity index (χ4n) is 1.13. The summed E-state index contributed by atoms with van der Waals surface area (Å²) in [6.07, 6.45) is 1.65. The fourth-order valence-corrected chi connectivity index (χ4v) is 1.53. The Morgan fingerprint density at radius 2 is 2.00 bits per heavy atom. The molecule has 1 aliphatic heterocycles. The van der Waals surface area contributed by atoms with E-state index in [-0.39, 0.29) is 0 Å². The Morgan fingerprint density at radius 3 is 2.67 bits per heavy atom. The first kappa shape index (κ1) is 10.1. The highest BCUT2D eigenvalue weighted by atomic mass is 35.5. The van der Waals surface area contributed by atoms with E-state index in [1.165, 1.54) is 0 Å². The second kappa shape index (κ2) is 4.42. The molecule has 15 heavy (non-hydrogen) atoms. The third kappa shape index (κ3) is 2.78. The highest BCUT2D eigenvalue weighted by Crippen LogP contribution is 2.12. The van der Waals surface area contributed by atoms with Crippen molar-refractivity contribution < 1.29 is 0 Å². The van der Waals surface area contributed by atoms with Crippen LogP contribution in [0.25, 0.3) is 0 Å². The number of anilines is 1. The second-order valence-electron chi connectivity index (χ2n) is 2.84. The first-order valence-electron chi connectivity index (χ1n) is 4.24. The number of para-hydroxylation sites is 1. The van der Waals surface area contributed by atoms with Gasteiger partial charge in [0.05, 0.1) is 11.8 Å². The molecule has 0 radical (unpaired) electrons. The molecular formula is C9H8Cl2N4. The predicted molar refractivity (Wildman–Crippen MR) is 62.3 cm³/mol. The molecule has 0 atom stereocenters. The summed E-state index contributed by atoms with van der Waals surface area (Å²) in [7, 11) is 0. The van der Waals surface area contributed by atoms with Gasteiger partial charge in [-0.3, -0.25) is 5.43 Å². The summed E-state index contributed by atoms with van der Waals surface area (Å²) in [5.74, 6) is 0.663. The van der Waals surface area contributed by atoms with Gasteiger partial charge in [0.1, 0.15) is 5.82 Å². The minimum absolute atomic E-state index is 0.308. The van der Waals surface area contributed by atoms with E-state index in [1.807, 2.05) is 30.3 Å². The molecule has 4 nitrogen and oxygen atoms in total. The summed E-state index contributed by atoms with van der Waals surface area (Å²) in [6, 6.07) is 9.66. The Morgan fingerprint density at radius 1 is 1.27 bits per heavy atom. The Hall–Kier alpha value is -1.39. The van der Waals surface area contributed by atoms with Crippen molar-refractivity contribution in [3.63, 3.8) is 0 Å². The molecule has 0 saturated carbocycles. The lowest BCUT2D eigenvalue weighted by Gasteiger charge is -2.20. The van der Waals surface area contributed by atoms with Crippen molar-refractivity contribution >= 4 is 34.2 Å². The number of halogens is 2. The van der Waals surface area contributed by atoms with Gasteiger partial charge in [0, 0.05) is 11.8 Å². The lowest BCUT2D eigenvalue weighted by atomic mass is 10.3. The molecule has 1 aromatic carbocycles. The maximum Gasteiger partial charge on any atom is 0.156 e. The van der Waals surface area contributed by atoms with Crippen molar-refractivity contribution in [3.8, 4) is 0 Å². The lowest BCUT2D eigenvalue weighted by Crippen LogP contribution is -2.32. The summed E-state index contributed by atoms with van der Waals surface area (Å²) >= 11 is 11.4. The van der Waals surface area contributed by atoms with Crippen molar-refractivity contribution in [1.82, 2.24) is 10.1 Å². The zero-order chi connectivity index (χ0) is 10.7. The number of allylic oxidation sites excluding steroid dienone is 1. The van der Waals surface area contributed by atoms with Crippen LogP contribution in [0.15, 0.2) is 47.3 Å². The van der Waals surface area contributed by atoms with Crippen molar-refractivity contribution in [2.75, 3.05) is 5.32 Å². The van der Waals surface area contributed by atoms with Crippen molar-refractivity contribution in [2.45, 2.75) is 0 Å². The highest BCUT2D eigenvalue weighted by molar-refractivity contribution is 6.68. The van der Waals surface area contributed by atoms with E-state index in [0.717, 1.165) is 10.3 Å². The van der Waals surface area contributed by atoms with Crippen LogP contribution in [0.2, 0.25) is 0 Å². The van der Waals surface area contributed by atoms with Gasteiger partial charge >= 0.3 is 0 Å². The average Bonchev–Trinajstić information content (AvgIpc) is 2.17. The standard InChI is InChI=1S/C9H8Cl2N4/c10-8-6-9(14-15(11)13-8)12-7-4-2-1-3-5-7/h1-6,12,14H. The smallest absolute Gasteiger partial charge is 0.156 e. The number of rotatable bonds is 2. The molecule has 2 rings (SSSR count). The monoisotopic (exact) mass is 242 g/mol. The third-order valence-electron chi connectivity index (χ3n) is 1.71. The highest BCUT2D eigenvalue weighted by Gasteiger charge is 2.09. The van der Waals surface area contributed by atoms with Gasteiger partial charge in [0.2, 0.25) is 0 Å². The van der Waals surface area contributed by atoms with Gasteiger partial charge in [-0.1, -0.05) is 29.8 Å². The minimum Gasteiger partial charge on any atom is -0.341 e. The van der Waals surface area contributed by atoms with E-state index in [9.17, 15) is 0 Å². The van der Waals surface area contributed by atoms with Crippen LogP contribution in [0.1, 0.15) is 0 Å². The van der Waals surface area contributed by atoms with Crippen LogP contribution in [-0.4, -0.2) is 9.81 Å². The summed E-state index contributed by atoms with van der Waals surface area (Å²) < 4.78 is 1.02. The lowest BCUT2D eigenvalue weighted by molar-refractivity contribution is 0.396. The van der Waals surface area contributed by atoms with Crippen LogP contribution >= 0.6 is 23.4 Å². The molecule has 1 aromatic rings. The van der Waals surface area contributed by atoms with E-state index in [4.69, 9.17) is 23.4 Å². The van der Waals surface area contributed by atoms with Crippen LogP contribution in [0.3, 0.4) is 0 Å². The molecule has 0 unspecified atom stereocenters. The summed E-state index contributed by atoms with van der Waals surface area (Å²) in [5, 5.41) is 7.14. The van der Waals surface area contributed by atoms with Gasteiger partial charge < -0.3 is 5.32 Å². The summed E-state index contributed by atoms with van der Waals surface area (Å²) in [5.41, 5.74) is 3.71. The average molecular weight is 243 g/mol. The number of benzene rings is 1. The molecule has 0 saturated heterocycles. The number of hydrazine groups is 1. The SMILES string of the molecule is ClC1=NN(Cl)NC(Nc2ccccc2)=C1. The Kier molecular flexibility index (Phi) is 2.99. The molecule has 2 N–H and O–H groups in total. The van der Waals surface area contributed by atoms with Gasteiger partial charge in [-0.05, 0) is 12.1 Å². The third-order valence-corrected chi connectivity index (χ3v) is 2.06. The normalized spacial score (nSPS) is 15.2. The van der Waals surface area contributed by atoms with Crippen molar-refractivity contribution in [2.24, 2.45) is 5.10 Å². The van der Waals surface area contributed by atoms with Gasteiger partial charge in [-0.15, -0.1) is 9.74 Å². The zero-order valence-electron chi connectivity index (χ0n) is 7.61. The minimum atomic E-state index is 0.308. The van der Waals surface area contributed by atoms with E-state index in [0.29, 0.717) is 11.0 Å². The van der Waals surface area contributed by atoms with Crippen molar-refractivity contribution in [3.05, 3.63) is 42.2 Å². The van der Waals surface area contributed by atoms with E-state index in [1.54, 1.807) is 6.08 Å². The molecule has 78 valence electrons. The molecule has 6 heteroatoms. The van der Waals surface area contributed by atoms with Crippen LogP contribution < -0.4 is 10.7 Å². The Labute approximate surface area is 97.2 Å². The number of nitrogens with zero attached hydrogens (tertiary/aromatic N) is 2. The Balaban J connectivity index is 2.11. The van der Waals surface area contributed by atoms with Crippen molar-refractivity contribution in [1.29, 1.82) is 0 Å². The van der Waals surface area contributed by atoms with E-state index >= 15 is 0 Å². The molecule has 0 spiro atoms. The molecular weight excluding hydrogens is 235 g/mol. The Bertz CT molecular complexity index is 402. The van der Waals surface area contributed by atoms with Crippen LogP contribution in [-0.2, 0) is 0 Å². The zero-order valence-corrected chi connectivity index (χ0v) is 9.13. The van der Waals surface area contributed by atoms with Crippen LogP contribution in [0, 0.1) is 0 Å². The summed E-state index contributed by atoms with van der Waals surface area (Å²) in [6.45, 7) is 0. The predicted octanol–water partition coefficient (Wildman–Crippen LogP) is 2.47. The van der Waals surface area contributed by atoms with Crippen LogP contribution in [0.4, 0.5) is 5.69 Å². The maximum absolute atomic E-state index is 5.74. The first-order valence-corrected chi connectivity index (χ1v) is 4.96. The fraction of sp³-hybridized carbons (Fsp3) is 0. The van der Waals surface area contributed by atoms with E-state index in [2.05, 4.69) is 15.8 Å². The molecule has 1 heterocycles.